The van der Waals surface area contributed by atoms with E-state index in [2.05, 4.69) is 43.2 Å². The molecule has 28 heavy (non-hydrogen) atoms. The second-order valence-electron chi connectivity index (χ2n) is 7.90. The molecule has 1 aromatic carbocycles. The number of carboxylic acid groups (broad SMARTS) is 1. The molecule has 2 aromatic rings. The number of aryl methyl sites for hydroxylation is 1. The number of hydrogen-bond donors (Lipinski definition) is 1. The Hall–Kier alpha value is -2.63. The van der Waals surface area contributed by atoms with Crippen molar-refractivity contribution in [2.24, 2.45) is 0 Å². The van der Waals surface area contributed by atoms with E-state index in [0.29, 0.717) is 31.1 Å². The van der Waals surface area contributed by atoms with Crippen LogP contribution in [0.15, 0.2) is 30.5 Å². The fourth-order valence-corrected chi connectivity index (χ4v) is 3.84. The van der Waals surface area contributed by atoms with E-state index < -0.39 is 5.97 Å². The Labute approximate surface area is 166 Å². The van der Waals surface area contributed by atoms with Crippen molar-refractivity contribution in [1.82, 2.24) is 14.7 Å². The van der Waals surface area contributed by atoms with Gasteiger partial charge in [0.2, 0.25) is 5.91 Å². The number of likely N-dealkylation sites (tertiary alicyclic amines) is 1. The van der Waals surface area contributed by atoms with Crippen LogP contribution in [0.4, 0.5) is 0 Å². The number of benzene rings is 1. The van der Waals surface area contributed by atoms with E-state index in [9.17, 15) is 14.7 Å². The Bertz CT molecular complexity index is 831. The maximum absolute atomic E-state index is 12.6. The lowest BCUT2D eigenvalue weighted by Gasteiger charge is -2.32. The van der Waals surface area contributed by atoms with Crippen LogP contribution in [0.5, 0.6) is 0 Å². The minimum atomic E-state index is -0.946. The summed E-state index contributed by atoms with van der Waals surface area (Å²) in [4.78, 5) is 25.7. The van der Waals surface area contributed by atoms with E-state index in [1.165, 1.54) is 17.3 Å². The molecular formula is C22H29N3O3. The quantitative estimate of drug-likeness (QED) is 0.823. The highest BCUT2D eigenvalue weighted by molar-refractivity contribution is 5.88. The Kier molecular flexibility index (Phi) is 6.17. The fraction of sp³-hybridized carbons (Fsp3) is 0.500. The van der Waals surface area contributed by atoms with Crippen molar-refractivity contribution in [1.29, 1.82) is 0 Å². The van der Waals surface area contributed by atoms with Crippen LogP contribution in [0.3, 0.4) is 0 Å². The molecule has 0 bridgehead atoms. The minimum absolute atomic E-state index is 0.153. The van der Waals surface area contributed by atoms with E-state index in [1.807, 2.05) is 9.58 Å². The Morgan fingerprint density at radius 3 is 2.36 bits per heavy atom. The summed E-state index contributed by atoms with van der Waals surface area (Å²) in [6, 6.07) is 8.69. The van der Waals surface area contributed by atoms with Gasteiger partial charge in [-0.25, -0.2) is 4.79 Å². The lowest BCUT2D eigenvalue weighted by molar-refractivity contribution is -0.132. The normalized spacial score (nSPS) is 15.2. The van der Waals surface area contributed by atoms with Gasteiger partial charge in [0.05, 0.1) is 17.9 Å². The van der Waals surface area contributed by atoms with E-state index in [1.54, 1.807) is 6.92 Å². The first-order valence-corrected chi connectivity index (χ1v) is 10.0. The van der Waals surface area contributed by atoms with Crippen LogP contribution >= 0.6 is 0 Å². The number of carbonyl (C=O) groups excluding carboxylic acids is 1. The summed E-state index contributed by atoms with van der Waals surface area (Å²) < 4.78 is 1.81. The highest BCUT2D eigenvalue weighted by Gasteiger charge is 2.26. The number of amides is 1. The van der Waals surface area contributed by atoms with Crippen LogP contribution in [0.2, 0.25) is 0 Å². The molecule has 1 N–H and O–H groups in total. The third-order valence-corrected chi connectivity index (χ3v) is 5.71. The van der Waals surface area contributed by atoms with Gasteiger partial charge in [-0.15, -0.1) is 0 Å². The Balaban J connectivity index is 1.50. The summed E-state index contributed by atoms with van der Waals surface area (Å²) in [5, 5.41) is 13.4. The second-order valence-corrected chi connectivity index (χ2v) is 7.90. The summed E-state index contributed by atoms with van der Waals surface area (Å²) in [7, 11) is 0. The van der Waals surface area contributed by atoms with Crippen molar-refractivity contribution in [3.8, 4) is 0 Å². The van der Waals surface area contributed by atoms with Crippen LogP contribution < -0.4 is 0 Å². The monoisotopic (exact) mass is 383 g/mol. The topological polar surface area (TPSA) is 75.4 Å². The second kappa shape index (κ2) is 8.59. The van der Waals surface area contributed by atoms with Gasteiger partial charge >= 0.3 is 5.97 Å². The van der Waals surface area contributed by atoms with Crippen LogP contribution in [0, 0.1) is 6.92 Å². The third kappa shape index (κ3) is 4.43. The first-order valence-electron chi connectivity index (χ1n) is 10.0. The van der Waals surface area contributed by atoms with Crippen LogP contribution in [0.1, 0.15) is 72.2 Å². The predicted molar refractivity (Wildman–Crippen MR) is 108 cm³/mol. The number of carboxylic acids is 1. The van der Waals surface area contributed by atoms with Crippen LogP contribution in [0.25, 0.3) is 0 Å². The van der Waals surface area contributed by atoms with Gasteiger partial charge in [0.1, 0.15) is 5.56 Å². The molecule has 1 amide bonds. The summed E-state index contributed by atoms with van der Waals surface area (Å²) in [6.07, 6.45) is 4.31. The van der Waals surface area contributed by atoms with Gasteiger partial charge in [-0.1, -0.05) is 38.1 Å². The average molecular weight is 383 g/mol. The molecule has 2 heterocycles. The van der Waals surface area contributed by atoms with Gasteiger partial charge in [0.25, 0.3) is 0 Å². The number of carbonyl (C=O) groups is 2. The molecule has 6 heteroatoms. The zero-order valence-electron chi connectivity index (χ0n) is 16.9. The lowest BCUT2D eigenvalue weighted by atomic mass is 10.00. The first kappa shape index (κ1) is 20.1. The van der Waals surface area contributed by atoms with E-state index in [-0.39, 0.29) is 17.5 Å². The minimum Gasteiger partial charge on any atom is -0.478 e. The highest BCUT2D eigenvalue weighted by Crippen LogP contribution is 2.25. The number of aromatic carboxylic acids is 1. The first-order chi connectivity index (χ1) is 13.4. The fourth-order valence-electron chi connectivity index (χ4n) is 3.84. The molecule has 1 aliphatic rings. The number of rotatable bonds is 6. The van der Waals surface area contributed by atoms with Crippen molar-refractivity contribution in [2.45, 2.75) is 58.4 Å². The zero-order chi connectivity index (χ0) is 20.3. The van der Waals surface area contributed by atoms with Gasteiger partial charge < -0.3 is 10.0 Å². The largest absolute Gasteiger partial charge is 0.478 e. The maximum Gasteiger partial charge on any atom is 0.339 e. The molecule has 150 valence electrons. The number of hydrogen-bond acceptors (Lipinski definition) is 3. The van der Waals surface area contributed by atoms with Crippen molar-refractivity contribution < 1.29 is 14.7 Å². The molecule has 1 fully saturated rings. The molecule has 0 aliphatic carbocycles. The van der Waals surface area contributed by atoms with Crippen LogP contribution in [-0.4, -0.2) is 44.8 Å². The van der Waals surface area contributed by atoms with Crippen molar-refractivity contribution in [3.05, 3.63) is 52.8 Å². The molecule has 1 aromatic heterocycles. The number of aromatic nitrogens is 2. The van der Waals surface area contributed by atoms with Gasteiger partial charge in [-0.05, 0) is 43.2 Å². The maximum atomic E-state index is 12.6. The molecule has 0 radical (unpaired) electrons. The number of nitrogens with zero attached hydrogens (tertiary/aromatic N) is 3. The van der Waals surface area contributed by atoms with E-state index in [0.717, 1.165) is 19.3 Å². The summed E-state index contributed by atoms with van der Waals surface area (Å²) in [6.45, 7) is 7.53. The predicted octanol–water partition coefficient (Wildman–Crippen LogP) is 3.81. The molecule has 0 atom stereocenters. The van der Waals surface area contributed by atoms with Gasteiger partial charge in [0.15, 0.2) is 0 Å². The average Bonchev–Trinajstić information content (AvgIpc) is 3.08. The summed E-state index contributed by atoms with van der Waals surface area (Å²) in [5.74, 6) is -0.241. The standard InChI is InChI=1S/C22H29N3O3/c1-15(2)18-7-4-17(5-8-18)6-9-21(26)24-12-10-19(11-13-24)25-16(3)20(14-23-25)22(27)28/h4-5,7-8,14-15,19H,6,9-13H2,1-3H3,(H,27,28). The van der Waals surface area contributed by atoms with Gasteiger partial charge in [-0.3, -0.25) is 9.48 Å². The van der Waals surface area contributed by atoms with Crippen molar-refractivity contribution in [2.75, 3.05) is 13.1 Å². The summed E-state index contributed by atoms with van der Waals surface area (Å²) in [5.41, 5.74) is 3.45. The van der Waals surface area contributed by atoms with E-state index >= 15 is 0 Å². The van der Waals surface area contributed by atoms with Gasteiger partial charge in [0, 0.05) is 19.5 Å². The molecule has 6 nitrogen and oxygen atoms in total. The van der Waals surface area contributed by atoms with Crippen molar-refractivity contribution in [3.63, 3.8) is 0 Å². The Morgan fingerprint density at radius 1 is 1.18 bits per heavy atom. The summed E-state index contributed by atoms with van der Waals surface area (Å²) >= 11 is 0. The smallest absolute Gasteiger partial charge is 0.339 e. The van der Waals surface area contributed by atoms with Crippen LogP contribution in [-0.2, 0) is 11.2 Å². The van der Waals surface area contributed by atoms with Gasteiger partial charge in [-0.2, -0.15) is 5.10 Å². The zero-order valence-corrected chi connectivity index (χ0v) is 16.9. The lowest BCUT2D eigenvalue weighted by Crippen LogP contribution is -2.39. The molecule has 0 spiro atoms. The molecule has 0 unspecified atom stereocenters. The Morgan fingerprint density at radius 2 is 1.82 bits per heavy atom. The molecule has 1 aliphatic heterocycles. The van der Waals surface area contributed by atoms with Crippen molar-refractivity contribution >= 4 is 11.9 Å². The SMILES string of the molecule is Cc1c(C(=O)O)cnn1C1CCN(C(=O)CCc2ccc(C(C)C)cc2)CC1. The molecule has 3 rings (SSSR count). The highest BCUT2D eigenvalue weighted by atomic mass is 16.4. The molecular weight excluding hydrogens is 354 g/mol. The third-order valence-electron chi connectivity index (χ3n) is 5.71. The number of piperidine rings is 1. The van der Waals surface area contributed by atoms with E-state index in [4.69, 9.17) is 0 Å². The molecule has 1 saturated heterocycles. The molecule has 0 saturated carbocycles.